The van der Waals surface area contributed by atoms with Gasteiger partial charge in [0.1, 0.15) is 0 Å². The van der Waals surface area contributed by atoms with E-state index in [9.17, 15) is 14.4 Å². The van der Waals surface area contributed by atoms with Crippen molar-refractivity contribution in [3.8, 4) is 0 Å². The van der Waals surface area contributed by atoms with Crippen LogP contribution in [0.2, 0.25) is 0 Å². The van der Waals surface area contributed by atoms with Crippen LogP contribution in [-0.4, -0.2) is 83.4 Å². The second-order valence-corrected chi connectivity index (χ2v) is 7.40. The quantitative estimate of drug-likeness (QED) is 0.731. The summed E-state index contributed by atoms with van der Waals surface area (Å²) in [6, 6.07) is 7.27. The number of imide groups is 1. The molecule has 2 aliphatic heterocycles. The first kappa shape index (κ1) is 19.5. The lowest BCUT2D eigenvalue weighted by Gasteiger charge is -2.25. The molecule has 7 nitrogen and oxygen atoms in total. The highest BCUT2D eigenvalue weighted by atomic mass is 16.4. The van der Waals surface area contributed by atoms with E-state index in [2.05, 4.69) is 4.90 Å². The second-order valence-electron chi connectivity index (χ2n) is 7.40. The van der Waals surface area contributed by atoms with Crippen molar-refractivity contribution in [2.75, 3.05) is 39.8 Å². The lowest BCUT2D eigenvalue weighted by Crippen LogP contribution is -2.37. The second kappa shape index (κ2) is 8.63. The summed E-state index contributed by atoms with van der Waals surface area (Å²) in [6.07, 6.45) is 3.72. The number of hydrogen-bond donors (Lipinski definition) is 1. The van der Waals surface area contributed by atoms with E-state index in [-0.39, 0.29) is 18.4 Å². The summed E-state index contributed by atoms with van der Waals surface area (Å²) in [7, 11) is 1.87. The Bertz CT molecular complexity index is 686. The highest BCUT2D eigenvalue weighted by Gasteiger charge is 2.34. The standard InChI is InChI=1S/C20H27N3O4/c1-21(14-18(24)25)15-6-4-10-22(13-9-15)11-5-12-23-19(26)16-7-2-3-8-17(16)20(23)27/h2-3,7-8,15H,4-6,9-14H2,1H3,(H,24,25). The number of carbonyl (C=O) groups excluding carboxylic acids is 2. The molecule has 7 heteroatoms. The van der Waals surface area contributed by atoms with Gasteiger partial charge in [0.05, 0.1) is 17.7 Å². The largest absolute Gasteiger partial charge is 0.480 e. The SMILES string of the molecule is CN(CC(=O)O)C1CCCN(CCCN2C(=O)c3ccccc3C2=O)CC1. The van der Waals surface area contributed by atoms with Crippen LogP contribution in [0.5, 0.6) is 0 Å². The molecule has 1 fully saturated rings. The Morgan fingerprint density at radius 1 is 1.11 bits per heavy atom. The van der Waals surface area contributed by atoms with E-state index < -0.39 is 5.97 Å². The van der Waals surface area contributed by atoms with Crippen LogP contribution in [-0.2, 0) is 4.79 Å². The fourth-order valence-electron chi connectivity index (χ4n) is 4.04. The molecule has 1 aromatic rings. The van der Waals surface area contributed by atoms with Gasteiger partial charge in [-0.1, -0.05) is 12.1 Å². The zero-order valence-corrected chi connectivity index (χ0v) is 15.8. The Morgan fingerprint density at radius 3 is 2.41 bits per heavy atom. The molecule has 0 aromatic heterocycles. The van der Waals surface area contributed by atoms with Crippen molar-refractivity contribution in [1.29, 1.82) is 0 Å². The summed E-state index contributed by atoms with van der Waals surface area (Å²) in [5.41, 5.74) is 1.00. The number of likely N-dealkylation sites (N-methyl/N-ethyl adjacent to an activating group) is 1. The number of nitrogens with zero attached hydrogens (tertiary/aromatic N) is 3. The predicted octanol–water partition coefficient (Wildman–Crippen LogP) is 1.54. The molecular formula is C20H27N3O4. The van der Waals surface area contributed by atoms with E-state index in [0.717, 1.165) is 45.3 Å². The lowest BCUT2D eigenvalue weighted by atomic mass is 10.1. The van der Waals surface area contributed by atoms with Crippen molar-refractivity contribution < 1.29 is 19.5 Å². The fraction of sp³-hybridized carbons (Fsp3) is 0.550. The van der Waals surface area contributed by atoms with E-state index in [1.54, 1.807) is 24.3 Å². The Hall–Kier alpha value is -2.25. The van der Waals surface area contributed by atoms with Crippen molar-refractivity contribution >= 4 is 17.8 Å². The monoisotopic (exact) mass is 373 g/mol. The van der Waals surface area contributed by atoms with E-state index in [4.69, 9.17) is 5.11 Å². The molecular weight excluding hydrogens is 346 g/mol. The number of rotatable bonds is 7. The summed E-state index contributed by atoms with van der Waals surface area (Å²) in [4.78, 5) is 41.3. The molecule has 0 aliphatic carbocycles. The first-order valence-corrected chi connectivity index (χ1v) is 9.57. The normalized spacial score (nSPS) is 20.8. The first-order chi connectivity index (χ1) is 13.0. The number of aliphatic carboxylic acids is 1. The molecule has 146 valence electrons. The molecule has 0 bridgehead atoms. The highest BCUT2D eigenvalue weighted by molar-refractivity contribution is 6.21. The number of carboxylic acid groups (broad SMARTS) is 1. The van der Waals surface area contributed by atoms with Gasteiger partial charge in [0.2, 0.25) is 0 Å². The van der Waals surface area contributed by atoms with Crippen LogP contribution in [0.4, 0.5) is 0 Å². The third-order valence-corrected chi connectivity index (χ3v) is 5.53. The summed E-state index contributed by atoms with van der Waals surface area (Å²) in [5, 5.41) is 8.95. The molecule has 1 N–H and O–H groups in total. The molecule has 2 aliphatic rings. The van der Waals surface area contributed by atoms with Gasteiger partial charge in [-0.2, -0.15) is 0 Å². The maximum Gasteiger partial charge on any atom is 0.317 e. The number of benzene rings is 1. The number of amides is 2. The lowest BCUT2D eigenvalue weighted by molar-refractivity contribution is -0.138. The predicted molar refractivity (Wildman–Crippen MR) is 101 cm³/mol. The van der Waals surface area contributed by atoms with Gasteiger partial charge in [0.15, 0.2) is 0 Å². The van der Waals surface area contributed by atoms with Gasteiger partial charge in [0, 0.05) is 12.6 Å². The fourth-order valence-corrected chi connectivity index (χ4v) is 4.04. The Labute approximate surface area is 159 Å². The average molecular weight is 373 g/mol. The van der Waals surface area contributed by atoms with E-state index in [1.165, 1.54) is 4.90 Å². The Balaban J connectivity index is 1.46. The minimum atomic E-state index is -0.792. The smallest absolute Gasteiger partial charge is 0.317 e. The molecule has 2 amide bonds. The zero-order valence-electron chi connectivity index (χ0n) is 15.8. The third kappa shape index (κ3) is 4.54. The van der Waals surface area contributed by atoms with Crippen LogP contribution in [0, 0.1) is 0 Å². The topological polar surface area (TPSA) is 81.2 Å². The summed E-state index contributed by atoms with van der Waals surface area (Å²) in [5.74, 6) is -1.18. The van der Waals surface area contributed by atoms with Crippen LogP contribution in [0.15, 0.2) is 24.3 Å². The minimum Gasteiger partial charge on any atom is -0.480 e. The first-order valence-electron chi connectivity index (χ1n) is 9.57. The van der Waals surface area contributed by atoms with Crippen LogP contribution in [0.1, 0.15) is 46.4 Å². The van der Waals surface area contributed by atoms with Crippen LogP contribution in [0.3, 0.4) is 0 Å². The van der Waals surface area contributed by atoms with Crippen molar-refractivity contribution in [2.24, 2.45) is 0 Å². The van der Waals surface area contributed by atoms with Crippen LogP contribution in [0.25, 0.3) is 0 Å². The van der Waals surface area contributed by atoms with Gasteiger partial charge in [-0.05, 0) is 64.5 Å². The van der Waals surface area contributed by atoms with Crippen molar-refractivity contribution in [3.05, 3.63) is 35.4 Å². The third-order valence-electron chi connectivity index (χ3n) is 5.53. The molecule has 0 spiro atoms. The highest BCUT2D eigenvalue weighted by Crippen LogP contribution is 2.22. The molecule has 1 atom stereocenters. The number of hydrogen-bond acceptors (Lipinski definition) is 5. The molecule has 0 radical (unpaired) electrons. The molecule has 1 unspecified atom stereocenters. The van der Waals surface area contributed by atoms with Gasteiger partial charge in [-0.25, -0.2) is 0 Å². The maximum absolute atomic E-state index is 12.4. The summed E-state index contributed by atoms with van der Waals surface area (Å²) in [6.45, 7) is 3.23. The van der Waals surface area contributed by atoms with Crippen LogP contribution < -0.4 is 0 Å². The summed E-state index contributed by atoms with van der Waals surface area (Å²) >= 11 is 0. The van der Waals surface area contributed by atoms with Crippen molar-refractivity contribution in [3.63, 3.8) is 0 Å². The number of likely N-dealkylation sites (tertiary alicyclic amines) is 1. The number of carboxylic acids is 1. The zero-order chi connectivity index (χ0) is 19.4. The van der Waals surface area contributed by atoms with Gasteiger partial charge in [-0.15, -0.1) is 0 Å². The van der Waals surface area contributed by atoms with E-state index >= 15 is 0 Å². The minimum absolute atomic E-state index is 0.0738. The van der Waals surface area contributed by atoms with E-state index in [1.807, 2.05) is 11.9 Å². The molecule has 3 rings (SSSR count). The van der Waals surface area contributed by atoms with Gasteiger partial charge in [0.25, 0.3) is 11.8 Å². The Kier molecular flexibility index (Phi) is 6.23. The van der Waals surface area contributed by atoms with Crippen molar-refractivity contribution in [2.45, 2.75) is 31.7 Å². The van der Waals surface area contributed by atoms with E-state index in [0.29, 0.717) is 23.7 Å². The molecule has 0 saturated carbocycles. The average Bonchev–Trinajstić information content (AvgIpc) is 2.81. The van der Waals surface area contributed by atoms with Crippen molar-refractivity contribution in [1.82, 2.24) is 14.7 Å². The number of fused-ring (bicyclic) bond motifs is 1. The van der Waals surface area contributed by atoms with Gasteiger partial charge >= 0.3 is 5.97 Å². The van der Waals surface area contributed by atoms with Gasteiger partial charge in [-0.3, -0.25) is 24.2 Å². The Morgan fingerprint density at radius 2 is 1.78 bits per heavy atom. The maximum atomic E-state index is 12.4. The van der Waals surface area contributed by atoms with Crippen LogP contribution >= 0.6 is 0 Å². The number of carbonyl (C=O) groups is 3. The summed E-state index contributed by atoms with van der Waals surface area (Å²) < 4.78 is 0. The molecule has 1 aromatic carbocycles. The molecule has 1 saturated heterocycles. The molecule has 2 heterocycles. The molecule has 27 heavy (non-hydrogen) atoms. The van der Waals surface area contributed by atoms with Gasteiger partial charge < -0.3 is 10.0 Å².